The van der Waals surface area contributed by atoms with Crippen molar-refractivity contribution in [3.05, 3.63) is 24.0 Å². The number of carbonyl (C=O) groups is 2. The van der Waals surface area contributed by atoms with E-state index >= 15 is 0 Å². The molecule has 1 amide bonds. The molecule has 6 nitrogen and oxygen atoms in total. The Morgan fingerprint density at radius 2 is 2.05 bits per heavy atom. The summed E-state index contributed by atoms with van der Waals surface area (Å²) in [6, 6.07) is 1.59. The fourth-order valence-corrected chi connectivity index (χ4v) is 3.14. The number of allylic oxidation sites excluding steroid dienone is 2. The Hall–Kier alpha value is -2.11. The number of fused-ring (bicyclic) bond motifs is 2. The van der Waals surface area contributed by atoms with Gasteiger partial charge in [-0.25, -0.2) is 0 Å². The number of nitrogens with one attached hydrogen (secondary N) is 1. The SMILES string of the molecule is Cc1cc(NC(=O)C2C3C=CC(C3)C2C(=O)[O-])no1. The molecule has 1 fully saturated rings. The summed E-state index contributed by atoms with van der Waals surface area (Å²) in [7, 11) is 0. The predicted molar refractivity (Wildman–Crippen MR) is 62.6 cm³/mol. The van der Waals surface area contributed by atoms with E-state index in [-0.39, 0.29) is 17.7 Å². The normalized spacial score (nSPS) is 31.6. The molecule has 100 valence electrons. The van der Waals surface area contributed by atoms with Crippen LogP contribution in [0.1, 0.15) is 12.2 Å². The summed E-state index contributed by atoms with van der Waals surface area (Å²) in [5.74, 6) is -2.05. The van der Waals surface area contributed by atoms with E-state index in [2.05, 4.69) is 10.5 Å². The van der Waals surface area contributed by atoms with Gasteiger partial charge in [-0.2, -0.15) is 0 Å². The number of aromatic nitrogens is 1. The molecule has 1 aromatic heterocycles. The zero-order chi connectivity index (χ0) is 13.6. The molecule has 0 radical (unpaired) electrons. The molecule has 4 unspecified atom stereocenters. The number of carbonyl (C=O) groups excluding carboxylic acids is 2. The lowest BCUT2D eigenvalue weighted by molar-refractivity contribution is -0.313. The molecule has 6 heteroatoms. The smallest absolute Gasteiger partial charge is 0.230 e. The molecule has 4 atom stereocenters. The highest BCUT2D eigenvalue weighted by Crippen LogP contribution is 2.48. The Kier molecular flexibility index (Phi) is 2.66. The summed E-state index contributed by atoms with van der Waals surface area (Å²) < 4.78 is 4.86. The first-order chi connectivity index (χ1) is 9.06. The van der Waals surface area contributed by atoms with Crippen LogP contribution in [0.3, 0.4) is 0 Å². The summed E-state index contributed by atoms with van der Waals surface area (Å²) in [6.07, 6.45) is 4.49. The van der Waals surface area contributed by atoms with Crippen molar-refractivity contribution in [2.24, 2.45) is 23.7 Å². The van der Waals surface area contributed by atoms with Crippen LogP contribution in [0.25, 0.3) is 0 Å². The number of hydrogen-bond donors (Lipinski definition) is 1. The third-order valence-corrected chi connectivity index (χ3v) is 3.91. The van der Waals surface area contributed by atoms with Crippen molar-refractivity contribution >= 4 is 17.7 Å². The van der Waals surface area contributed by atoms with Gasteiger partial charge in [0.2, 0.25) is 5.91 Å². The number of hydrogen-bond acceptors (Lipinski definition) is 5. The Bertz CT molecular complexity index is 563. The first-order valence-electron chi connectivity index (χ1n) is 6.19. The Morgan fingerprint density at radius 3 is 2.63 bits per heavy atom. The van der Waals surface area contributed by atoms with Gasteiger partial charge < -0.3 is 19.7 Å². The maximum atomic E-state index is 12.2. The van der Waals surface area contributed by atoms with E-state index in [1.165, 1.54) is 0 Å². The topological polar surface area (TPSA) is 95.3 Å². The zero-order valence-electron chi connectivity index (χ0n) is 10.3. The third-order valence-electron chi connectivity index (χ3n) is 3.91. The second-order valence-corrected chi connectivity index (χ2v) is 5.13. The summed E-state index contributed by atoms with van der Waals surface area (Å²) in [5.41, 5.74) is 0. The second kappa shape index (κ2) is 4.22. The molecular formula is C13H13N2O4-. The Morgan fingerprint density at radius 1 is 1.37 bits per heavy atom. The molecule has 0 aliphatic heterocycles. The number of nitrogens with zero attached hydrogens (tertiary/aromatic N) is 1. The Labute approximate surface area is 109 Å². The molecule has 0 saturated heterocycles. The van der Waals surface area contributed by atoms with Crippen LogP contribution in [-0.4, -0.2) is 17.0 Å². The third kappa shape index (κ3) is 1.93. The second-order valence-electron chi connectivity index (χ2n) is 5.13. The zero-order valence-corrected chi connectivity index (χ0v) is 10.3. The van der Waals surface area contributed by atoms with Crippen LogP contribution in [0.2, 0.25) is 0 Å². The summed E-state index contributed by atoms with van der Waals surface area (Å²) in [6.45, 7) is 1.72. The van der Waals surface area contributed by atoms with Crippen LogP contribution < -0.4 is 10.4 Å². The fraction of sp³-hybridized carbons (Fsp3) is 0.462. The van der Waals surface area contributed by atoms with Crippen LogP contribution in [0, 0.1) is 30.6 Å². The van der Waals surface area contributed by atoms with E-state index in [0.717, 1.165) is 0 Å². The predicted octanol–water partition coefficient (Wildman–Crippen LogP) is 0.110. The molecular weight excluding hydrogens is 248 g/mol. The minimum atomic E-state index is -1.16. The lowest BCUT2D eigenvalue weighted by Gasteiger charge is -2.27. The number of rotatable bonds is 3. The number of aliphatic carboxylic acids is 1. The quantitative estimate of drug-likeness (QED) is 0.779. The minimum Gasteiger partial charge on any atom is -0.550 e. The van der Waals surface area contributed by atoms with E-state index in [0.29, 0.717) is 18.0 Å². The van der Waals surface area contributed by atoms with Crippen molar-refractivity contribution in [3.63, 3.8) is 0 Å². The van der Waals surface area contributed by atoms with Crippen LogP contribution in [0.5, 0.6) is 0 Å². The molecule has 0 aromatic carbocycles. The maximum absolute atomic E-state index is 12.2. The summed E-state index contributed by atoms with van der Waals surface area (Å²) in [5, 5.41) is 17.5. The molecule has 2 aliphatic rings. The van der Waals surface area contributed by atoms with Crippen molar-refractivity contribution in [1.29, 1.82) is 0 Å². The highest BCUT2D eigenvalue weighted by molar-refractivity contribution is 5.95. The standard InChI is InChI=1S/C13H14N2O4/c1-6-4-9(15-19-6)14-12(16)10-7-2-3-8(5-7)11(10)13(17)18/h2-4,7-8,10-11H,5H2,1H3,(H,17,18)(H,14,15,16)/p-1. The number of aryl methyl sites for hydroxylation is 1. The lowest BCUT2D eigenvalue weighted by atomic mass is 9.82. The van der Waals surface area contributed by atoms with E-state index < -0.39 is 17.8 Å². The van der Waals surface area contributed by atoms with Gasteiger partial charge in [-0.05, 0) is 25.2 Å². The van der Waals surface area contributed by atoms with Gasteiger partial charge in [0.05, 0.1) is 5.92 Å². The fourth-order valence-electron chi connectivity index (χ4n) is 3.14. The minimum absolute atomic E-state index is 0.0269. The molecule has 19 heavy (non-hydrogen) atoms. The number of anilines is 1. The molecule has 2 aliphatic carbocycles. The van der Waals surface area contributed by atoms with E-state index in [4.69, 9.17) is 4.52 Å². The van der Waals surface area contributed by atoms with E-state index in [1.54, 1.807) is 13.0 Å². The van der Waals surface area contributed by atoms with Gasteiger partial charge in [0.1, 0.15) is 5.76 Å². The Balaban J connectivity index is 1.79. The molecule has 0 spiro atoms. The molecule has 2 bridgehead atoms. The molecule has 1 N–H and O–H groups in total. The van der Waals surface area contributed by atoms with E-state index in [1.807, 2.05) is 12.2 Å². The van der Waals surface area contributed by atoms with Crippen molar-refractivity contribution in [1.82, 2.24) is 5.16 Å². The lowest BCUT2D eigenvalue weighted by Crippen LogP contribution is -2.42. The molecule has 1 saturated carbocycles. The van der Waals surface area contributed by atoms with Crippen LogP contribution >= 0.6 is 0 Å². The van der Waals surface area contributed by atoms with Gasteiger partial charge >= 0.3 is 0 Å². The van der Waals surface area contributed by atoms with E-state index in [9.17, 15) is 14.7 Å². The first kappa shape index (κ1) is 12.0. The largest absolute Gasteiger partial charge is 0.550 e. The van der Waals surface area contributed by atoms with Crippen molar-refractivity contribution in [3.8, 4) is 0 Å². The van der Waals surface area contributed by atoms with Gasteiger partial charge in [-0.3, -0.25) is 4.79 Å². The number of carboxylic acid groups (broad SMARTS) is 1. The van der Waals surface area contributed by atoms with Crippen LogP contribution in [0.4, 0.5) is 5.82 Å². The highest BCUT2D eigenvalue weighted by Gasteiger charge is 2.48. The molecule has 1 heterocycles. The van der Waals surface area contributed by atoms with Gasteiger partial charge in [-0.1, -0.05) is 17.3 Å². The average Bonchev–Trinajstić information content (AvgIpc) is 3.03. The van der Waals surface area contributed by atoms with Crippen molar-refractivity contribution in [2.75, 3.05) is 5.32 Å². The average molecular weight is 261 g/mol. The highest BCUT2D eigenvalue weighted by atomic mass is 16.5. The van der Waals surface area contributed by atoms with Gasteiger partial charge in [0.15, 0.2) is 5.82 Å². The maximum Gasteiger partial charge on any atom is 0.230 e. The van der Waals surface area contributed by atoms with Gasteiger partial charge in [0.25, 0.3) is 0 Å². The molecule has 3 rings (SSSR count). The van der Waals surface area contributed by atoms with Crippen molar-refractivity contribution < 1.29 is 19.2 Å². The number of carboxylic acids is 1. The van der Waals surface area contributed by atoms with Crippen LogP contribution in [0.15, 0.2) is 22.7 Å². The number of amides is 1. The monoisotopic (exact) mass is 261 g/mol. The van der Waals surface area contributed by atoms with Crippen molar-refractivity contribution in [2.45, 2.75) is 13.3 Å². The van der Waals surface area contributed by atoms with Gasteiger partial charge in [0, 0.05) is 18.0 Å². The molecule has 1 aromatic rings. The summed E-state index contributed by atoms with van der Waals surface area (Å²) >= 11 is 0. The van der Waals surface area contributed by atoms with Crippen LogP contribution in [-0.2, 0) is 9.59 Å². The van der Waals surface area contributed by atoms with Gasteiger partial charge in [-0.15, -0.1) is 0 Å². The first-order valence-corrected chi connectivity index (χ1v) is 6.19. The summed E-state index contributed by atoms with van der Waals surface area (Å²) in [4.78, 5) is 23.4.